The normalized spacial score (nSPS) is 11.7. The fourth-order valence-electron chi connectivity index (χ4n) is 2.20. The van der Waals surface area contributed by atoms with E-state index in [0.717, 1.165) is 21.9 Å². The van der Waals surface area contributed by atoms with E-state index in [1.54, 1.807) is 11.6 Å². The zero-order chi connectivity index (χ0) is 18.0. The second kappa shape index (κ2) is 6.47. The van der Waals surface area contributed by atoms with Crippen LogP contribution < -0.4 is 0 Å². The van der Waals surface area contributed by atoms with Crippen molar-refractivity contribution < 1.29 is 14.6 Å². The molecule has 0 N–H and O–H groups in total. The quantitative estimate of drug-likeness (QED) is 0.295. The lowest BCUT2D eigenvalue weighted by atomic mass is 10.3. The minimum Gasteiger partial charge on any atom is -0.311 e. The Morgan fingerprint density at radius 3 is 2.92 bits per heavy atom. The van der Waals surface area contributed by atoms with Gasteiger partial charge in [-0.2, -0.15) is 5.10 Å². The van der Waals surface area contributed by atoms with E-state index in [1.807, 2.05) is 24.3 Å². The monoisotopic (exact) mass is 343 g/mol. The van der Waals surface area contributed by atoms with E-state index in [2.05, 4.69) is 20.6 Å². The van der Waals surface area contributed by atoms with Crippen molar-refractivity contribution in [3.05, 3.63) is 46.3 Å². The molecule has 0 radical (unpaired) electrons. The Hall–Kier alpha value is -3.63. The van der Waals surface area contributed by atoms with Gasteiger partial charge >= 0.3 is 11.7 Å². The van der Waals surface area contributed by atoms with E-state index in [9.17, 15) is 14.9 Å². The van der Waals surface area contributed by atoms with Gasteiger partial charge in [0.05, 0.1) is 22.7 Å². The number of nitrogens with zero attached hydrogens (tertiary/aromatic N) is 7. The lowest BCUT2D eigenvalue weighted by Crippen LogP contribution is -2.11. The van der Waals surface area contributed by atoms with E-state index in [1.165, 1.54) is 7.05 Å². The molecule has 0 atom stereocenters. The number of aryl methyl sites for hydroxylation is 1. The van der Waals surface area contributed by atoms with E-state index in [4.69, 9.17) is 4.84 Å². The molecular formula is C14H13N7O4. The lowest BCUT2D eigenvalue weighted by Gasteiger charge is -2.01. The molecular weight excluding hydrogens is 330 g/mol. The van der Waals surface area contributed by atoms with Crippen LogP contribution in [0.25, 0.3) is 11.0 Å². The van der Waals surface area contributed by atoms with Crippen molar-refractivity contribution in [1.82, 2.24) is 24.8 Å². The minimum absolute atomic E-state index is 0.248. The smallest absolute Gasteiger partial charge is 0.311 e. The highest BCUT2D eigenvalue weighted by molar-refractivity contribution is 5.92. The Labute approximate surface area is 140 Å². The molecule has 2 heterocycles. The Balaban J connectivity index is 1.73. The fraction of sp³-hybridized carbons (Fsp3) is 0.214. The summed E-state index contributed by atoms with van der Waals surface area (Å²) in [6, 6.07) is 7.39. The van der Waals surface area contributed by atoms with Gasteiger partial charge in [0.2, 0.25) is 5.69 Å². The van der Waals surface area contributed by atoms with Crippen molar-refractivity contribution in [2.45, 2.75) is 13.5 Å². The molecule has 128 valence electrons. The number of para-hydroxylation sites is 1. The van der Waals surface area contributed by atoms with Crippen LogP contribution in [0.3, 0.4) is 0 Å². The predicted molar refractivity (Wildman–Crippen MR) is 85.9 cm³/mol. The van der Waals surface area contributed by atoms with Crippen LogP contribution in [0, 0.1) is 10.1 Å². The average Bonchev–Trinajstić information content (AvgIpc) is 3.17. The van der Waals surface area contributed by atoms with Crippen LogP contribution in [0.4, 0.5) is 5.69 Å². The summed E-state index contributed by atoms with van der Waals surface area (Å²) in [5.41, 5.74) is 1.13. The standard InChI is InChI=1S/C14H13N7O4/c1-9(7-20-11-6-4-3-5-10(11)15-18-20)17-25-14(22)13-12(21(23)24)8-19(2)16-13/h3-6,8H,7H2,1-2H3/b17-9-. The van der Waals surface area contributed by atoms with Crippen molar-refractivity contribution in [3.8, 4) is 0 Å². The second-order valence-electron chi connectivity index (χ2n) is 5.23. The largest absolute Gasteiger partial charge is 0.392 e. The van der Waals surface area contributed by atoms with Gasteiger partial charge in [0.1, 0.15) is 11.7 Å². The van der Waals surface area contributed by atoms with Crippen LogP contribution in [-0.2, 0) is 18.4 Å². The average molecular weight is 343 g/mol. The summed E-state index contributed by atoms with van der Waals surface area (Å²) >= 11 is 0. The Bertz CT molecular complexity index is 988. The van der Waals surface area contributed by atoms with Gasteiger partial charge in [-0.15, -0.1) is 5.10 Å². The zero-order valence-electron chi connectivity index (χ0n) is 13.4. The SMILES string of the molecule is C/C(Cn1nnc2ccccc21)=N/OC(=O)c1nn(C)cc1[N+](=O)[O-]. The van der Waals surface area contributed by atoms with E-state index < -0.39 is 22.3 Å². The summed E-state index contributed by atoms with van der Waals surface area (Å²) in [6.07, 6.45) is 1.12. The molecule has 11 nitrogen and oxygen atoms in total. The van der Waals surface area contributed by atoms with Gasteiger partial charge in [-0.1, -0.05) is 22.5 Å². The van der Waals surface area contributed by atoms with Crippen molar-refractivity contribution in [2.75, 3.05) is 0 Å². The van der Waals surface area contributed by atoms with Crippen molar-refractivity contribution in [3.63, 3.8) is 0 Å². The van der Waals surface area contributed by atoms with Crippen LogP contribution in [0.2, 0.25) is 0 Å². The van der Waals surface area contributed by atoms with Crippen LogP contribution in [-0.4, -0.2) is 41.4 Å². The lowest BCUT2D eigenvalue weighted by molar-refractivity contribution is -0.385. The molecule has 0 amide bonds. The van der Waals surface area contributed by atoms with E-state index >= 15 is 0 Å². The van der Waals surface area contributed by atoms with Crippen LogP contribution in [0.5, 0.6) is 0 Å². The molecule has 0 spiro atoms. The molecule has 0 aliphatic heterocycles. The molecule has 0 fully saturated rings. The topological polar surface area (TPSA) is 130 Å². The maximum atomic E-state index is 12.0. The number of hydrogen-bond acceptors (Lipinski definition) is 8. The number of nitro groups is 1. The molecule has 0 unspecified atom stereocenters. The molecule has 1 aromatic carbocycles. The number of oxime groups is 1. The third kappa shape index (κ3) is 3.34. The molecule has 0 saturated heterocycles. The van der Waals surface area contributed by atoms with Crippen LogP contribution in [0.1, 0.15) is 17.4 Å². The first kappa shape index (κ1) is 16.2. The predicted octanol–water partition coefficient (Wildman–Crippen LogP) is 1.31. The number of carbonyl (C=O) groups is 1. The zero-order valence-corrected chi connectivity index (χ0v) is 13.4. The number of hydrogen-bond donors (Lipinski definition) is 0. The number of fused-ring (bicyclic) bond motifs is 1. The van der Waals surface area contributed by atoms with Gasteiger partial charge in [-0.25, -0.2) is 9.48 Å². The van der Waals surface area contributed by atoms with Gasteiger partial charge in [-0.3, -0.25) is 14.8 Å². The highest BCUT2D eigenvalue weighted by atomic mass is 16.7. The van der Waals surface area contributed by atoms with E-state index in [0.29, 0.717) is 5.71 Å². The highest BCUT2D eigenvalue weighted by Crippen LogP contribution is 2.17. The maximum Gasteiger partial charge on any atom is 0.392 e. The van der Waals surface area contributed by atoms with Gasteiger partial charge < -0.3 is 4.84 Å². The molecule has 0 aliphatic rings. The van der Waals surface area contributed by atoms with Gasteiger partial charge in [0.25, 0.3) is 0 Å². The molecule has 25 heavy (non-hydrogen) atoms. The summed E-state index contributed by atoms with van der Waals surface area (Å²) < 4.78 is 2.76. The van der Waals surface area contributed by atoms with Crippen LogP contribution in [0.15, 0.2) is 35.6 Å². The fourth-order valence-corrected chi connectivity index (χ4v) is 2.20. The Morgan fingerprint density at radius 1 is 1.40 bits per heavy atom. The molecule has 3 aromatic rings. The van der Waals surface area contributed by atoms with Crippen molar-refractivity contribution >= 4 is 28.4 Å². The van der Waals surface area contributed by atoms with Gasteiger partial charge in [0, 0.05) is 7.05 Å². The maximum absolute atomic E-state index is 12.0. The number of benzene rings is 1. The highest BCUT2D eigenvalue weighted by Gasteiger charge is 2.26. The summed E-state index contributed by atoms with van der Waals surface area (Å²) in [6.45, 7) is 1.88. The molecule has 2 aromatic heterocycles. The number of carbonyl (C=O) groups excluding carboxylic acids is 1. The summed E-state index contributed by atoms with van der Waals surface area (Å²) in [5, 5.41) is 26.3. The number of rotatable bonds is 5. The Morgan fingerprint density at radius 2 is 2.16 bits per heavy atom. The van der Waals surface area contributed by atoms with Crippen LogP contribution >= 0.6 is 0 Å². The van der Waals surface area contributed by atoms with Crippen molar-refractivity contribution in [2.24, 2.45) is 12.2 Å². The molecule has 0 aliphatic carbocycles. The number of aromatic nitrogens is 5. The van der Waals surface area contributed by atoms with Gasteiger partial charge in [-0.05, 0) is 19.1 Å². The van der Waals surface area contributed by atoms with Crippen molar-refractivity contribution in [1.29, 1.82) is 0 Å². The third-order valence-electron chi connectivity index (χ3n) is 3.28. The van der Waals surface area contributed by atoms with Gasteiger partial charge in [0.15, 0.2) is 0 Å². The Kier molecular flexibility index (Phi) is 4.20. The first-order valence-electron chi connectivity index (χ1n) is 7.17. The molecule has 0 saturated carbocycles. The first-order valence-corrected chi connectivity index (χ1v) is 7.17. The third-order valence-corrected chi connectivity index (χ3v) is 3.28. The van der Waals surface area contributed by atoms with E-state index in [-0.39, 0.29) is 6.54 Å². The molecule has 3 rings (SSSR count). The summed E-state index contributed by atoms with van der Waals surface area (Å²) in [7, 11) is 1.47. The molecule has 11 heteroatoms. The second-order valence-corrected chi connectivity index (χ2v) is 5.23. The summed E-state index contributed by atoms with van der Waals surface area (Å²) in [5.74, 6) is -1.00. The molecule has 0 bridgehead atoms. The summed E-state index contributed by atoms with van der Waals surface area (Å²) in [4.78, 5) is 26.9. The minimum atomic E-state index is -1.00. The first-order chi connectivity index (χ1) is 12.0.